The number of halogens is 4. The molecule has 2 aromatic rings. The van der Waals surface area contributed by atoms with Crippen molar-refractivity contribution in [1.29, 1.82) is 0 Å². The van der Waals surface area contributed by atoms with Crippen LogP contribution in [0.15, 0.2) is 12.1 Å². The van der Waals surface area contributed by atoms with E-state index in [1.165, 1.54) is 6.07 Å². The molecule has 1 heterocycles. The highest BCUT2D eigenvalue weighted by molar-refractivity contribution is 9.24. The molecule has 0 fully saturated rings. The normalized spacial score (nSPS) is 12.7. The molecule has 98 valence electrons. The first-order chi connectivity index (χ1) is 8.21. The summed E-state index contributed by atoms with van der Waals surface area (Å²) in [6.07, 6.45) is 0. The lowest BCUT2D eigenvalue weighted by Gasteiger charge is -2.20. The van der Waals surface area contributed by atoms with Gasteiger partial charge in [-0.25, -0.2) is 4.39 Å². The van der Waals surface area contributed by atoms with E-state index in [0.29, 0.717) is 0 Å². The standard InChI is InChI=1S/C12H12Br2ClFN2/c1-12(2,3)18-9-5-8(16)7(15)4-6(9)10(17-18)11(13)14/h4-5,11H,1-3H3. The monoisotopic (exact) mass is 396 g/mol. The third kappa shape index (κ3) is 2.45. The maximum Gasteiger partial charge on any atom is 0.143 e. The number of nitrogens with zero attached hydrogens (tertiary/aromatic N) is 2. The summed E-state index contributed by atoms with van der Waals surface area (Å²) in [7, 11) is 0. The van der Waals surface area contributed by atoms with Crippen molar-refractivity contribution >= 4 is 54.4 Å². The van der Waals surface area contributed by atoms with Crippen LogP contribution in [0.4, 0.5) is 4.39 Å². The number of alkyl halides is 2. The first-order valence-electron chi connectivity index (χ1n) is 5.38. The smallest absolute Gasteiger partial charge is 0.143 e. The Hall–Kier alpha value is -0.130. The Labute approximate surface area is 127 Å². The van der Waals surface area contributed by atoms with Crippen LogP contribution < -0.4 is 0 Å². The molecule has 2 rings (SSSR count). The van der Waals surface area contributed by atoms with Gasteiger partial charge in [-0.2, -0.15) is 5.10 Å². The molecule has 2 nitrogen and oxygen atoms in total. The molecule has 0 N–H and O–H groups in total. The Bertz CT molecular complexity index is 602. The van der Waals surface area contributed by atoms with Crippen LogP contribution >= 0.6 is 43.5 Å². The molecule has 0 aliphatic rings. The molecule has 0 aliphatic heterocycles. The molecule has 0 bridgehead atoms. The van der Waals surface area contributed by atoms with Gasteiger partial charge in [0.25, 0.3) is 0 Å². The lowest BCUT2D eigenvalue weighted by atomic mass is 10.1. The first-order valence-corrected chi connectivity index (χ1v) is 7.59. The zero-order chi connectivity index (χ0) is 13.7. The molecule has 1 aromatic carbocycles. The van der Waals surface area contributed by atoms with Gasteiger partial charge >= 0.3 is 0 Å². The number of fused-ring (bicyclic) bond motifs is 1. The second kappa shape index (κ2) is 4.76. The van der Waals surface area contributed by atoms with Crippen molar-refractivity contribution in [2.45, 2.75) is 30.0 Å². The van der Waals surface area contributed by atoms with Gasteiger partial charge in [0.15, 0.2) is 0 Å². The van der Waals surface area contributed by atoms with E-state index in [9.17, 15) is 4.39 Å². The van der Waals surface area contributed by atoms with Crippen molar-refractivity contribution < 1.29 is 4.39 Å². The maximum absolute atomic E-state index is 13.6. The van der Waals surface area contributed by atoms with Crippen molar-refractivity contribution in [1.82, 2.24) is 9.78 Å². The molecule has 0 saturated heterocycles. The molecular formula is C12H12Br2ClFN2. The lowest BCUT2D eigenvalue weighted by molar-refractivity contribution is 0.366. The Morgan fingerprint density at radius 2 is 1.94 bits per heavy atom. The zero-order valence-corrected chi connectivity index (χ0v) is 14.1. The molecule has 0 aliphatic carbocycles. The van der Waals surface area contributed by atoms with Gasteiger partial charge in [0.1, 0.15) is 9.55 Å². The summed E-state index contributed by atoms with van der Waals surface area (Å²) in [5.74, 6) is -0.429. The van der Waals surface area contributed by atoms with Crippen LogP contribution in [0, 0.1) is 5.82 Å². The summed E-state index contributed by atoms with van der Waals surface area (Å²) in [5.41, 5.74) is 1.30. The van der Waals surface area contributed by atoms with Crippen molar-refractivity contribution in [3.8, 4) is 0 Å². The second-order valence-corrected chi connectivity index (χ2v) is 8.52. The van der Waals surface area contributed by atoms with Gasteiger partial charge in [-0.05, 0) is 26.8 Å². The summed E-state index contributed by atoms with van der Waals surface area (Å²) >= 11 is 12.7. The number of aromatic nitrogens is 2. The number of hydrogen-bond donors (Lipinski definition) is 0. The third-order valence-electron chi connectivity index (χ3n) is 2.59. The average Bonchev–Trinajstić information content (AvgIpc) is 2.57. The zero-order valence-electron chi connectivity index (χ0n) is 10.1. The number of benzene rings is 1. The van der Waals surface area contributed by atoms with Gasteiger partial charge in [-0.15, -0.1) is 0 Å². The number of rotatable bonds is 1. The topological polar surface area (TPSA) is 17.8 Å². The molecule has 0 radical (unpaired) electrons. The van der Waals surface area contributed by atoms with Crippen LogP contribution in [-0.4, -0.2) is 9.78 Å². The molecule has 0 spiro atoms. The lowest BCUT2D eigenvalue weighted by Crippen LogP contribution is -2.23. The van der Waals surface area contributed by atoms with Gasteiger partial charge in [0.05, 0.1) is 21.8 Å². The van der Waals surface area contributed by atoms with Crippen LogP contribution in [0.2, 0.25) is 5.02 Å². The third-order valence-corrected chi connectivity index (χ3v) is 3.75. The minimum atomic E-state index is -0.429. The highest BCUT2D eigenvalue weighted by atomic mass is 79.9. The van der Waals surface area contributed by atoms with E-state index in [1.54, 1.807) is 6.07 Å². The molecule has 6 heteroatoms. The Kier molecular flexibility index (Phi) is 3.78. The Morgan fingerprint density at radius 1 is 1.33 bits per heavy atom. The van der Waals surface area contributed by atoms with E-state index >= 15 is 0 Å². The summed E-state index contributed by atoms with van der Waals surface area (Å²) < 4.78 is 15.3. The molecular weight excluding hydrogens is 386 g/mol. The van der Waals surface area contributed by atoms with Crippen molar-refractivity contribution in [2.75, 3.05) is 0 Å². The Morgan fingerprint density at radius 3 is 2.44 bits per heavy atom. The molecule has 0 atom stereocenters. The van der Waals surface area contributed by atoms with E-state index in [1.807, 2.05) is 25.5 Å². The SMILES string of the molecule is CC(C)(C)n1nc(C(Br)Br)c2cc(Cl)c(F)cc21. The van der Waals surface area contributed by atoms with E-state index in [4.69, 9.17) is 11.6 Å². The van der Waals surface area contributed by atoms with Crippen LogP contribution in [0.3, 0.4) is 0 Å². The highest BCUT2D eigenvalue weighted by Gasteiger charge is 2.23. The fourth-order valence-corrected chi connectivity index (χ4v) is 2.64. The van der Waals surface area contributed by atoms with Gasteiger partial charge in [0.2, 0.25) is 0 Å². The first kappa shape index (κ1) is 14.3. The van der Waals surface area contributed by atoms with Crippen molar-refractivity contribution in [3.63, 3.8) is 0 Å². The largest absolute Gasteiger partial charge is 0.259 e. The van der Waals surface area contributed by atoms with E-state index < -0.39 is 5.82 Å². The van der Waals surface area contributed by atoms with Crippen molar-refractivity contribution in [2.24, 2.45) is 0 Å². The predicted molar refractivity (Wildman–Crippen MR) is 80.3 cm³/mol. The summed E-state index contributed by atoms with van der Waals surface area (Å²) in [5, 5.41) is 5.49. The fourth-order valence-electron chi connectivity index (χ4n) is 1.80. The molecule has 18 heavy (non-hydrogen) atoms. The van der Waals surface area contributed by atoms with Crippen LogP contribution in [0.25, 0.3) is 10.9 Å². The van der Waals surface area contributed by atoms with Crippen LogP contribution in [0.5, 0.6) is 0 Å². The number of hydrogen-bond acceptors (Lipinski definition) is 1. The van der Waals surface area contributed by atoms with Gasteiger partial charge in [-0.1, -0.05) is 43.5 Å². The van der Waals surface area contributed by atoms with E-state index in [-0.39, 0.29) is 14.3 Å². The Balaban J connectivity index is 2.85. The molecule has 0 saturated carbocycles. The van der Waals surface area contributed by atoms with Gasteiger partial charge in [0, 0.05) is 11.5 Å². The minimum Gasteiger partial charge on any atom is -0.259 e. The van der Waals surface area contributed by atoms with Crippen molar-refractivity contribution in [3.05, 3.63) is 28.7 Å². The maximum atomic E-state index is 13.6. The molecule has 0 amide bonds. The summed E-state index contributed by atoms with van der Waals surface area (Å²) in [6, 6.07) is 3.05. The average molecular weight is 399 g/mol. The second-order valence-electron chi connectivity index (χ2n) is 5.05. The van der Waals surface area contributed by atoms with E-state index in [2.05, 4.69) is 37.0 Å². The molecule has 1 aromatic heterocycles. The van der Waals surface area contributed by atoms with Gasteiger partial charge in [-0.3, -0.25) is 4.68 Å². The minimum absolute atomic E-state index is 0.0994. The fraction of sp³-hybridized carbons (Fsp3) is 0.417. The quantitative estimate of drug-likeness (QED) is 0.591. The van der Waals surface area contributed by atoms with E-state index in [0.717, 1.165) is 16.6 Å². The predicted octanol–water partition coefficient (Wildman–Crippen LogP) is 5.37. The van der Waals surface area contributed by atoms with Crippen LogP contribution in [-0.2, 0) is 5.54 Å². The summed E-state index contributed by atoms with van der Waals surface area (Å²) in [4.78, 5) is 0. The van der Waals surface area contributed by atoms with Crippen LogP contribution in [0.1, 0.15) is 30.2 Å². The highest BCUT2D eigenvalue weighted by Crippen LogP contribution is 2.37. The van der Waals surface area contributed by atoms with Gasteiger partial charge < -0.3 is 0 Å². The summed E-state index contributed by atoms with van der Waals surface area (Å²) in [6.45, 7) is 6.06. The molecule has 0 unspecified atom stereocenters.